The summed E-state index contributed by atoms with van der Waals surface area (Å²) in [5, 5.41) is 4.84. The van der Waals surface area contributed by atoms with E-state index in [0.29, 0.717) is 30.8 Å². The Morgan fingerprint density at radius 2 is 2.07 bits per heavy atom. The monoisotopic (exact) mass is 384 g/mol. The van der Waals surface area contributed by atoms with Crippen molar-refractivity contribution in [3.05, 3.63) is 23.7 Å². The molecule has 7 nitrogen and oxygen atoms in total. The summed E-state index contributed by atoms with van der Waals surface area (Å²) in [6.07, 6.45) is 7.40. The first kappa shape index (κ1) is 19.2. The molecule has 0 aliphatic carbocycles. The normalized spacial score (nSPS) is 18.6. The van der Waals surface area contributed by atoms with Gasteiger partial charge in [0, 0.05) is 55.6 Å². The fourth-order valence-electron chi connectivity index (χ4n) is 4.55. The molecule has 2 aliphatic rings. The van der Waals surface area contributed by atoms with Crippen LogP contribution in [-0.2, 0) is 17.8 Å². The smallest absolute Gasteiger partial charge is 0.223 e. The van der Waals surface area contributed by atoms with Crippen molar-refractivity contribution in [3.8, 4) is 11.5 Å². The minimum Gasteiger partial charge on any atom is -0.343 e. The number of hydrogen-bond donors (Lipinski definition) is 1. The summed E-state index contributed by atoms with van der Waals surface area (Å²) in [4.78, 5) is 25.1. The van der Waals surface area contributed by atoms with Crippen LogP contribution in [0.2, 0.25) is 0 Å². The van der Waals surface area contributed by atoms with E-state index >= 15 is 0 Å². The molecule has 0 aromatic carbocycles. The lowest BCUT2D eigenvalue weighted by molar-refractivity contribution is -0.133. The molecule has 0 bridgehead atoms. The van der Waals surface area contributed by atoms with Gasteiger partial charge < -0.3 is 14.8 Å². The molecule has 4 rings (SSSR count). The number of H-pyrrole nitrogens is 1. The first-order chi connectivity index (χ1) is 13.6. The number of nitrogens with one attached hydrogen (secondary N) is 1. The van der Waals surface area contributed by atoms with Gasteiger partial charge in [-0.3, -0.25) is 9.48 Å². The largest absolute Gasteiger partial charge is 0.343 e. The van der Waals surface area contributed by atoms with Gasteiger partial charge in [-0.05, 0) is 52.2 Å². The number of fused-ring (bicyclic) bond motifs is 1. The van der Waals surface area contributed by atoms with Crippen molar-refractivity contribution in [1.29, 1.82) is 0 Å². The van der Waals surface area contributed by atoms with Crippen molar-refractivity contribution in [2.45, 2.75) is 59.0 Å². The molecule has 2 aliphatic heterocycles. The molecule has 152 valence electrons. The van der Waals surface area contributed by atoms with Gasteiger partial charge in [0.1, 0.15) is 5.69 Å². The average Bonchev–Trinajstić information content (AvgIpc) is 3.35. The third-order valence-corrected chi connectivity index (χ3v) is 6.27. The lowest BCUT2D eigenvalue weighted by Crippen LogP contribution is -2.39. The maximum absolute atomic E-state index is 13.0. The van der Waals surface area contributed by atoms with E-state index in [2.05, 4.69) is 40.3 Å². The number of likely N-dealkylation sites (tertiary alicyclic amines) is 1. The molecule has 7 heteroatoms. The Bertz CT molecular complexity index is 801. The summed E-state index contributed by atoms with van der Waals surface area (Å²) >= 11 is 0. The third-order valence-electron chi connectivity index (χ3n) is 6.27. The van der Waals surface area contributed by atoms with Gasteiger partial charge in [-0.25, -0.2) is 4.98 Å². The van der Waals surface area contributed by atoms with Gasteiger partial charge in [0.2, 0.25) is 5.91 Å². The summed E-state index contributed by atoms with van der Waals surface area (Å²) in [7, 11) is 0. The third kappa shape index (κ3) is 3.72. The van der Waals surface area contributed by atoms with Gasteiger partial charge in [-0.2, -0.15) is 5.10 Å². The van der Waals surface area contributed by atoms with E-state index in [1.807, 2.05) is 11.1 Å². The van der Waals surface area contributed by atoms with Crippen molar-refractivity contribution >= 4 is 5.91 Å². The summed E-state index contributed by atoms with van der Waals surface area (Å²) < 4.78 is 2.11. The van der Waals surface area contributed by atoms with Crippen LogP contribution in [0.15, 0.2) is 12.4 Å². The minimum atomic E-state index is 0.295. The van der Waals surface area contributed by atoms with E-state index in [9.17, 15) is 4.79 Å². The van der Waals surface area contributed by atoms with E-state index in [1.165, 1.54) is 5.69 Å². The maximum atomic E-state index is 13.0. The van der Waals surface area contributed by atoms with E-state index < -0.39 is 0 Å². The van der Waals surface area contributed by atoms with Crippen LogP contribution in [0, 0.1) is 5.92 Å². The molecular formula is C21H32N6O. The topological polar surface area (TPSA) is 70.1 Å². The molecule has 0 saturated carbocycles. The van der Waals surface area contributed by atoms with E-state index in [0.717, 1.165) is 62.5 Å². The Kier molecular flexibility index (Phi) is 5.53. The number of aromatic nitrogens is 4. The predicted octanol–water partition coefficient (Wildman–Crippen LogP) is 2.86. The zero-order valence-electron chi connectivity index (χ0n) is 17.3. The van der Waals surface area contributed by atoms with Crippen molar-refractivity contribution in [3.63, 3.8) is 0 Å². The first-order valence-corrected chi connectivity index (χ1v) is 10.7. The maximum Gasteiger partial charge on any atom is 0.223 e. The van der Waals surface area contributed by atoms with Crippen LogP contribution in [0.1, 0.15) is 57.3 Å². The average molecular weight is 385 g/mol. The van der Waals surface area contributed by atoms with Crippen LogP contribution in [0.5, 0.6) is 0 Å². The number of imidazole rings is 1. The molecule has 1 saturated heterocycles. The van der Waals surface area contributed by atoms with Gasteiger partial charge in [0.05, 0.1) is 0 Å². The zero-order valence-corrected chi connectivity index (χ0v) is 17.3. The molecule has 4 heterocycles. The fraction of sp³-hybridized carbons (Fsp3) is 0.667. The second-order valence-electron chi connectivity index (χ2n) is 8.40. The predicted molar refractivity (Wildman–Crippen MR) is 109 cm³/mol. The molecule has 2 aromatic rings. The quantitative estimate of drug-likeness (QED) is 0.861. The van der Waals surface area contributed by atoms with Gasteiger partial charge in [-0.1, -0.05) is 6.92 Å². The van der Waals surface area contributed by atoms with Crippen LogP contribution < -0.4 is 0 Å². The van der Waals surface area contributed by atoms with Crippen LogP contribution in [0.25, 0.3) is 11.5 Å². The Morgan fingerprint density at radius 3 is 2.71 bits per heavy atom. The SMILES string of the molecule is CCN1CCC(CC(=O)N2CCc3c(c(-c4ncc[nH]4)nn3C(C)C)C2)CC1. The number of carbonyl (C=O) groups is 1. The van der Waals surface area contributed by atoms with E-state index in [1.54, 1.807) is 6.20 Å². The summed E-state index contributed by atoms with van der Waals surface area (Å²) in [5.41, 5.74) is 3.30. The van der Waals surface area contributed by atoms with Gasteiger partial charge in [0.15, 0.2) is 5.82 Å². The first-order valence-electron chi connectivity index (χ1n) is 10.7. The van der Waals surface area contributed by atoms with Gasteiger partial charge >= 0.3 is 0 Å². The fourth-order valence-corrected chi connectivity index (χ4v) is 4.55. The van der Waals surface area contributed by atoms with Crippen LogP contribution in [-0.4, -0.2) is 61.6 Å². The van der Waals surface area contributed by atoms with Crippen molar-refractivity contribution in [2.75, 3.05) is 26.2 Å². The van der Waals surface area contributed by atoms with Gasteiger partial charge in [0.25, 0.3) is 0 Å². The van der Waals surface area contributed by atoms with Crippen molar-refractivity contribution < 1.29 is 4.79 Å². The summed E-state index contributed by atoms with van der Waals surface area (Å²) in [5.74, 6) is 1.61. The number of aromatic amines is 1. The minimum absolute atomic E-state index is 0.295. The molecule has 0 radical (unpaired) electrons. The molecular weight excluding hydrogens is 352 g/mol. The van der Waals surface area contributed by atoms with Crippen molar-refractivity contribution in [1.82, 2.24) is 29.5 Å². The molecule has 28 heavy (non-hydrogen) atoms. The molecule has 0 atom stereocenters. The van der Waals surface area contributed by atoms with E-state index in [-0.39, 0.29) is 0 Å². The Morgan fingerprint density at radius 1 is 1.29 bits per heavy atom. The Balaban J connectivity index is 1.49. The highest BCUT2D eigenvalue weighted by Crippen LogP contribution is 2.31. The number of piperidine rings is 1. The molecule has 1 fully saturated rings. The number of nitrogens with zero attached hydrogens (tertiary/aromatic N) is 5. The molecule has 0 spiro atoms. The number of hydrogen-bond acceptors (Lipinski definition) is 4. The second kappa shape index (κ2) is 8.07. The van der Waals surface area contributed by atoms with E-state index in [4.69, 9.17) is 5.10 Å². The molecule has 1 N–H and O–H groups in total. The number of carbonyl (C=O) groups excluding carboxylic acids is 1. The molecule has 0 unspecified atom stereocenters. The Hall–Kier alpha value is -2.15. The molecule has 1 amide bonds. The highest BCUT2D eigenvalue weighted by atomic mass is 16.2. The summed E-state index contributed by atoms with van der Waals surface area (Å²) in [6, 6.07) is 0.295. The lowest BCUT2D eigenvalue weighted by Gasteiger charge is -2.33. The van der Waals surface area contributed by atoms with Gasteiger partial charge in [-0.15, -0.1) is 0 Å². The van der Waals surface area contributed by atoms with Crippen LogP contribution >= 0.6 is 0 Å². The van der Waals surface area contributed by atoms with Crippen LogP contribution in [0.4, 0.5) is 0 Å². The van der Waals surface area contributed by atoms with Crippen LogP contribution in [0.3, 0.4) is 0 Å². The second-order valence-corrected chi connectivity index (χ2v) is 8.40. The summed E-state index contributed by atoms with van der Waals surface area (Å²) in [6.45, 7) is 11.3. The standard InChI is InChI=1S/C21H32N6O/c1-4-25-10-5-16(6-11-25)13-19(28)26-12-7-18-17(14-26)20(21-22-8-9-23-21)24-27(18)15(2)3/h8-9,15-16H,4-7,10-14H2,1-3H3,(H,22,23). The zero-order chi connectivity index (χ0) is 19.7. The Labute approximate surface area is 167 Å². The van der Waals surface area contributed by atoms with Crippen molar-refractivity contribution in [2.24, 2.45) is 5.92 Å². The highest BCUT2D eigenvalue weighted by molar-refractivity contribution is 5.77. The lowest BCUT2D eigenvalue weighted by atomic mass is 9.92. The number of amides is 1. The highest BCUT2D eigenvalue weighted by Gasteiger charge is 2.31. The molecule has 2 aromatic heterocycles. The number of rotatable bonds is 5.